The maximum absolute atomic E-state index is 10.9. The molecule has 0 saturated carbocycles. The average Bonchev–Trinajstić information content (AvgIpc) is 3.92. The van der Waals surface area contributed by atoms with Crippen molar-refractivity contribution in [3.8, 4) is 23.5 Å². The molecule has 0 bridgehead atoms. The number of rotatable bonds is 2. The van der Waals surface area contributed by atoms with Crippen LogP contribution in [0.1, 0.15) is 11.1 Å². The van der Waals surface area contributed by atoms with Crippen molar-refractivity contribution in [1.82, 2.24) is 9.13 Å². The van der Waals surface area contributed by atoms with Gasteiger partial charge in [0, 0.05) is 52.5 Å². The zero-order valence-corrected chi connectivity index (χ0v) is 27.9. The molecule has 11 aromatic rings. The summed E-state index contributed by atoms with van der Waals surface area (Å²) in [5.41, 5.74) is 6.55. The maximum Gasteiger partial charge on any atom is 0.101 e. The van der Waals surface area contributed by atoms with Crippen LogP contribution in [-0.4, -0.2) is 9.13 Å². The van der Waals surface area contributed by atoms with Gasteiger partial charge >= 0.3 is 0 Å². The van der Waals surface area contributed by atoms with Gasteiger partial charge < -0.3 is 9.13 Å². The summed E-state index contributed by atoms with van der Waals surface area (Å²) in [6, 6.07) is 51.6. The van der Waals surface area contributed by atoms with Gasteiger partial charge in [0.25, 0.3) is 0 Å². The predicted octanol–water partition coefficient (Wildman–Crippen LogP) is 12.4. The van der Waals surface area contributed by atoms with Crippen LogP contribution in [0.25, 0.3) is 95.3 Å². The SMILES string of the molecule is N#Cc1cc(-n2c3ccccc3c3ccc4c5ccccc5sc4c32)c(C#N)cc1-n1c2ccccc2c2ccc3c4ccccc4sc3c21. The van der Waals surface area contributed by atoms with Gasteiger partial charge in [0.2, 0.25) is 0 Å². The topological polar surface area (TPSA) is 57.4 Å². The summed E-state index contributed by atoms with van der Waals surface area (Å²) >= 11 is 3.55. The van der Waals surface area contributed by atoms with Crippen molar-refractivity contribution in [2.24, 2.45) is 0 Å². The summed E-state index contributed by atoms with van der Waals surface area (Å²) < 4.78 is 9.20. The first-order chi connectivity index (χ1) is 24.7. The zero-order chi connectivity index (χ0) is 33.1. The summed E-state index contributed by atoms with van der Waals surface area (Å²) in [5.74, 6) is 0. The number of hydrogen-bond donors (Lipinski definition) is 0. The van der Waals surface area contributed by atoms with Crippen LogP contribution in [0.3, 0.4) is 0 Å². The Balaban J connectivity index is 1.28. The minimum Gasteiger partial charge on any atom is -0.306 e. The van der Waals surface area contributed by atoms with Crippen molar-refractivity contribution in [2.75, 3.05) is 0 Å². The van der Waals surface area contributed by atoms with Crippen LogP contribution >= 0.6 is 22.7 Å². The smallest absolute Gasteiger partial charge is 0.101 e. The molecule has 7 aromatic carbocycles. The van der Waals surface area contributed by atoms with E-state index >= 15 is 0 Å². The Morgan fingerprint density at radius 3 is 1.22 bits per heavy atom. The third-order valence-corrected chi connectivity index (χ3v) is 12.6. The number of para-hydroxylation sites is 2. The van der Waals surface area contributed by atoms with Gasteiger partial charge in [-0.25, -0.2) is 0 Å². The molecule has 4 heterocycles. The molecule has 0 atom stereocenters. The molecule has 0 aliphatic heterocycles. The van der Waals surface area contributed by atoms with Crippen molar-refractivity contribution < 1.29 is 0 Å². The van der Waals surface area contributed by atoms with E-state index in [1.165, 1.54) is 40.3 Å². The second-order valence-corrected chi connectivity index (χ2v) is 14.8. The molecule has 4 aromatic heterocycles. The van der Waals surface area contributed by atoms with Gasteiger partial charge in [0.05, 0.1) is 54.0 Å². The fourth-order valence-corrected chi connectivity index (χ4v) is 10.6. The van der Waals surface area contributed by atoms with E-state index in [0.717, 1.165) is 43.6 Å². The Labute approximate surface area is 293 Å². The second-order valence-electron chi connectivity index (χ2n) is 12.7. The van der Waals surface area contributed by atoms with Gasteiger partial charge in [0.15, 0.2) is 0 Å². The molecule has 0 radical (unpaired) electrons. The Hall–Kier alpha value is -6.44. The molecule has 0 amide bonds. The van der Waals surface area contributed by atoms with Gasteiger partial charge in [-0.05, 0) is 36.4 Å². The van der Waals surface area contributed by atoms with E-state index in [9.17, 15) is 10.5 Å². The molecule has 6 heteroatoms. The molecule has 0 fully saturated rings. The fourth-order valence-electron chi connectivity index (χ4n) is 8.09. The van der Waals surface area contributed by atoms with Crippen molar-refractivity contribution in [2.45, 2.75) is 0 Å². The lowest BCUT2D eigenvalue weighted by molar-refractivity contribution is 1.13. The maximum atomic E-state index is 10.9. The molecule has 4 nitrogen and oxygen atoms in total. The number of nitrogens with zero attached hydrogens (tertiary/aromatic N) is 4. The summed E-state index contributed by atoms with van der Waals surface area (Å²) in [5, 5.41) is 31.1. The van der Waals surface area contributed by atoms with Crippen molar-refractivity contribution in [1.29, 1.82) is 10.5 Å². The van der Waals surface area contributed by atoms with Gasteiger partial charge in [-0.2, -0.15) is 10.5 Å². The highest BCUT2D eigenvalue weighted by atomic mass is 32.1. The van der Waals surface area contributed by atoms with Crippen LogP contribution in [0.5, 0.6) is 0 Å². The first-order valence-electron chi connectivity index (χ1n) is 16.4. The van der Waals surface area contributed by atoms with E-state index < -0.39 is 0 Å². The summed E-state index contributed by atoms with van der Waals surface area (Å²) in [6.07, 6.45) is 0. The van der Waals surface area contributed by atoms with Crippen molar-refractivity contribution in [3.05, 3.63) is 145 Å². The number of nitriles is 2. The van der Waals surface area contributed by atoms with Crippen molar-refractivity contribution >= 4 is 107 Å². The molecule has 0 aliphatic carbocycles. The lowest BCUT2D eigenvalue weighted by Gasteiger charge is -2.16. The Bertz CT molecular complexity index is 3130. The minimum absolute atomic E-state index is 0.509. The van der Waals surface area contributed by atoms with Crippen LogP contribution in [0.2, 0.25) is 0 Å². The third kappa shape index (κ3) is 3.51. The summed E-state index contributed by atoms with van der Waals surface area (Å²) in [7, 11) is 0. The van der Waals surface area contributed by atoms with E-state index in [2.05, 4.69) is 130 Å². The Morgan fingerprint density at radius 1 is 0.400 bits per heavy atom. The average molecular weight is 671 g/mol. The fraction of sp³-hybridized carbons (Fsp3) is 0. The van der Waals surface area contributed by atoms with E-state index in [0.29, 0.717) is 22.5 Å². The lowest BCUT2D eigenvalue weighted by Crippen LogP contribution is -2.04. The van der Waals surface area contributed by atoms with Gasteiger partial charge in [0.1, 0.15) is 12.1 Å². The number of benzene rings is 7. The standard InChI is InChI=1S/C44H22N4S2/c45-23-25-22-38(48-36-14-6-2-10-28(36)32-18-20-34-30-12-4-8-16-40(30)50-44(34)42(32)48)26(24-46)21-37(25)47-35-13-5-1-9-27(35)31-17-19-33-29-11-3-7-15-39(29)49-43(33)41(31)47/h1-22H. The minimum atomic E-state index is 0.509. The summed E-state index contributed by atoms with van der Waals surface area (Å²) in [6.45, 7) is 0. The monoisotopic (exact) mass is 670 g/mol. The quantitative estimate of drug-likeness (QED) is 0.184. The van der Waals surface area contributed by atoms with Crippen molar-refractivity contribution in [3.63, 3.8) is 0 Å². The molecular formula is C44H22N4S2. The molecule has 0 saturated heterocycles. The van der Waals surface area contributed by atoms with Crippen LogP contribution < -0.4 is 0 Å². The molecule has 0 unspecified atom stereocenters. The largest absolute Gasteiger partial charge is 0.306 e. The number of hydrogen-bond acceptors (Lipinski definition) is 4. The molecule has 50 heavy (non-hydrogen) atoms. The second kappa shape index (κ2) is 10.0. The molecule has 230 valence electrons. The van der Waals surface area contributed by atoms with Crippen LogP contribution in [-0.2, 0) is 0 Å². The first-order valence-corrected chi connectivity index (χ1v) is 18.0. The Morgan fingerprint density at radius 2 is 0.780 bits per heavy atom. The van der Waals surface area contributed by atoms with Gasteiger partial charge in [-0.1, -0.05) is 97.1 Å². The van der Waals surface area contributed by atoms with Crippen LogP contribution in [0, 0.1) is 22.7 Å². The molecule has 0 aliphatic rings. The molecule has 0 N–H and O–H groups in total. The Kier molecular flexibility index (Phi) is 5.52. The number of fused-ring (bicyclic) bond motifs is 14. The highest BCUT2D eigenvalue weighted by molar-refractivity contribution is 7.27. The van der Waals surface area contributed by atoms with Crippen LogP contribution in [0.4, 0.5) is 0 Å². The molecule has 0 spiro atoms. The summed E-state index contributed by atoms with van der Waals surface area (Å²) in [4.78, 5) is 0. The van der Waals surface area contributed by atoms with E-state index in [1.807, 2.05) is 24.3 Å². The number of thiophene rings is 2. The highest BCUT2D eigenvalue weighted by Gasteiger charge is 2.24. The normalized spacial score (nSPS) is 12.0. The predicted molar refractivity (Wildman–Crippen MR) is 210 cm³/mol. The van der Waals surface area contributed by atoms with Gasteiger partial charge in [-0.3, -0.25) is 0 Å². The zero-order valence-electron chi connectivity index (χ0n) is 26.3. The van der Waals surface area contributed by atoms with Crippen LogP contribution in [0.15, 0.2) is 133 Å². The van der Waals surface area contributed by atoms with E-state index in [1.54, 1.807) is 22.7 Å². The number of aromatic nitrogens is 2. The lowest BCUT2D eigenvalue weighted by atomic mass is 10.1. The van der Waals surface area contributed by atoms with Gasteiger partial charge in [-0.15, -0.1) is 22.7 Å². The third-order valence-electron chi connectivity index (χ3n) is 10.2. The molecular weight excluding hydrogens is 649 g/mol. The molecule has 11 rings (SSSR count). The van der Waals surface area contributed by atoms with E-state index in [4.69, 9.17) is 0 Å². The first kappa shape index (κ1) is 27.5. The van der Waals surface area contributed by atoms with E-state index in [-0.39, 0.29) is 0 Å². The highest BCUT2D eigenvalue weighted by Crippen LogP contribution is 2.46.